The smallest absolute Gasteiger partial charge is 0.357 e. The number of halogens is 3. The number of anilines is 2. The fourth-order valence-electron chi connectivity index (χ4n) is 3.27. The molecule has 1 aromatic carbocycles. The molecule has 0 aliphatic carbocycles. The van der Waals surface area contributed by atoms with E-state index in [0.29, 0.717) is 23.3 Å². The van der Waals surface area contributed by atoms with Crippen LogP contribution >= 0.6 is 0 Å². The van der Waals surface area contributed by atoms with Gasteiger partial charge in [0.2, 0.25) is 5.95 Å². The minimum absolute atomic E-state index is 0.250. The zero-order valence-electron chi connectivity index (χ0n) is 17.8. The minimum Gasteiger partial charge on any atom is -0.357 e. The van der Waals surface area contributed by atoms with Crippen molar-refractivity contribution < 1.29 is 18.0 Å². The summed E-state index contributed by atoms with van der Waals surface area (Å²) < 4.78 is 38.6. The number of amides is 1. The molecule has 1 amide bonds. The molecule has 0 fully saturated rings. The quantitative estimate of drug-likeness (QED) is 0.471. The van der Waals surface area contributed by atoms with E-state index in [4.69, 9.17) is 0 Å². The molecular formula is C22H18F3N7O. The highest BCUT2D eigenvalue weighted by Crippen LogP contribution is 2.31. The number of aryl methyl sites for hydroxylation is 2. The lowest BCUT2D eigenvalue weighted by atomic mass is 9.98. The van der Waals surface area contributed by atoms with Gasteiger partial charge in [0.05, 0.1) is 11.8 Å². The minimum atomic E-state index is -4.70. The normalized spacial score (nSPS) is 11.5. The molecule has 0 unspecified atom stereocenters. The average molecular weight is 453 g/mol. The van der Waals surface area contributed by atoms with Crippen molar-refractivity contribution in [2.24, 2.45) is 0 Å². The summed E-state index contributed by atoms with van der Waals surface area (Å²) in [6.45, 7) is 3.76. The average Bonchev–Trinajstić information content (AvgIpc) is 2.79. The van der Waals surface area contributed by atoms with Gasteiger partial charge < -0.3 is 10.6 Å². The Bertz CT molecular complexity index is 1370. The lowest BCUT2D eigenvalue weighted by Crippen LogP contribution is -2.16. The topological polar surface area (TPSA) is 106 Å². The van der Waals surface area contributed by atoms with Gasteiger partial charge in [-0.3, -0.25) is 4.79 Å². The Kier molecular flexibility index (Phi) is 5.62. The zero-order valence-corrected chi connectivity index (χ0v) is 17.8. The highest BCUT2D eigenvalue weighted by atomic mass is 19.4. The van der Waals surface area contributed by atoms with E-state index in [1.165, 1.54) is 0 Å². The van der Waals surface area contributed by atoms with Crippen molar-refractivity contribution in [1.29, 1.82) is 0 Å². The molecule has 2 N–H and O–H groups in total. The van der Waals surface area contributed by atoms with Gasteiger partial charge >= 0.3 is 6.18 Å². The molecule has 11 heteroatoms. The first-order valence-electron chi connectivity index (χ1n) is 9.80. The second-order valence-corrected chi connectivity index (χ2v) is 7.29. The molecular weight excluding hydrogens is 435 g/mol. The number of fused-ring (bicyclic) bond motifs is 1. The lowest BCUT2D eigenvalue weighted by molar-refractivity contribution is -0.141. The number of nitrogens with zero attached hydrogens (tertiary/aromatic N) is 5. The number of hydrogen-bond donors (Lipinski definition) is 2. The molecule has 4 rings (SSSR count). The summed E-state index contributed by atoms with van der Waals surface area (Å²) in [6.07, 6.45) is -2.05. The SMILES string of the molecule is CNc1ncc2cc(-c3cc(NC(=O)c4cnnc(C(F)(F)F)c4)ccc3C)c(C)nc2n1. The fraction of sp³-hybridized carbons (Fsp3) is 0.182. The van der Waals surface area contributed by atoms with E-state index in [1.807, 2.05) is 19.9 Å². The van der Waals surface area contributed by atoms with E-state index in [2.05, 4.69) is 35.8 Å². The second kappa shape index (κ2) is 8.41. The first-order chi connectivity index (χ1) is 15.7. The van der Waals surface area contributed by atoms with E-state index in [9.17, 15) is 18.0 Å². The fourth-order valence-corrected chi connectivity index (χ4v) is 3.27. The molecule has 8 nitrogen and oxygen atoms in total. The van der Waals surface area contributed by atoms with E-state index >= 15 is 0 Å². The van der Waals surface area contributed by atoms with Crippen LogP contribution in [0.15, 0.2) is 42.7 Å². The van der Waals surface area contributed by atoms with E-state index in [-0.39, 0.29) is 5.56 Å². The first kappa shape index (κ1) is 22.1. The van der Waals surface area contributed by atoms with Gasteiger partial charge in [-0.1, -0.05) is 6.07 Å². The Morgan fingerprint density at radius 1 is 1.00 bits per heavy atom. The maximum Gasteiger partial charge on any atom is 0.435 e. The highest BCUT2D eigenvalue weighted by Gasteiger charge is 2.33. The number of benzene rings is 1. The Balaban J connectivity index is 1.68. The lowest BCUT2D eigenvalue weighted by Gasteiger charge is -2.13. The van der Waals surface area contributed by atoms with Crippen LogP contribution in [0.2, 0.25) is 0 Å². The van der Waals surface area contributed by atoms with E-state index < -0.39 is 17.8 Å². The number of hydrogen-bond acceptors (Lipinski definition) is 7. The summed E-state index contributed by atoms with van der Waals surface area (Å²) in [6, 6.07) is 7.79. The Morgan fingerprint density at radius 2 is 1.79 bits per heavy atom. The number of pyridine rings is 1. The molecule has 0 spiro atoms. The molecule has 168 valence electrons. The van der Waals surface area contributed by atoms with Gasteiger partial charge in [0.25, 0.3) is 5.91 Å². The third-order valence-electron chi connectivity index (χ3n) is 4.98. The van der Waals surface area contributed by atoms with Crippen LogP contribution in [0.3, 0.4) is 0 Å². The second-order valence-electron chi connectivity index (χ2n) is 7.29. The van der Waals surface area contributed by atoms with Crippen molar-refractivity contribution in [3.63, 3.8) is 0 Å². The monoisotopic (exact) mass is 453 g/mol. The van der Waals surface area contributed by atoms with Crippen molar-refractivity contribution in [3.05, 3.63) is 65.2 Å². The molecule has 33 heavy (non-hydrogen) atoms. The summed E-state index contributed by atoms with van der Waals surface area (Å²) in [5.41, 5.74) is 2.75. The van der Waals surface area contributed by atoms with Gasteiger partial charge in [-0.2, -0.15) is 23.3 Å². The summed E-state index contributed by atoms with van der Waals surface area (Å²) in [5.74, 6) is -0.270. The van der Waals surface area contributed by atoms with Crippen LogP contribution in [-0.2, 0) is 6.18 Å². The van der Waals surface area contributed by atoms with E-state index in [1.54, 1.807) is 31.4 Å². The molecule has 4 aromatic rings. The molecule has 0 aliphatic heterocycles. The molecule has 3 aromatic heterocycles. The van der Waals surface area contributed by atoms with Crippen molar-refractivity contribution in [1.82, 2.24) is 25.1 Å². The summed E-state index contributed by atoms with van der Waals surface area (Å²) in [4.78, 5) is 25.7. The number of rotatable bonds is 4. The van der Waals surface area contributed by atoms with Crippen LogP contribution in [0.1, 0.15) is 27.3 Å². The van der Waals surface area contributed by atoms with Crippen molar-refractivity contribution in [2.45, 2.75) is 20.0 Å². The maximum atomic E-state index is 12.9. The first-order valence-corrected chi connectivity index (χ1v) is 9.80. The summed E-state index contributed by atoms with van der Waals surface area (Å²) >= 11 is 0. The number of carbonyl (C=O) groups excluding carboxylic acids is 1. The Labute approximate surface area is 186 Å². The molecule has 0 saturated carbocycles. The number of carbonyl (C=O) groups is 1. The van der Waals surface area contributed by atoms with Crippen LogP contribution in [0, 0.1) is 13.8 Å². The Morgan fingerprint density at radius 3 is 2.52 bits per heavy atom. The van der Waals surface area contributed by atoms with Crippen LogP contribution < -0.4 is 10.6 Å². The maximum absolute atomic E-state index is 12.9. The molecule has 0 saturated heterocycles. The summed E-state index contributed by atoms with van der Waals surface area (Å²) in [5, 5.41) is 12.6. The van der Waals surface area contributed by atoms with E-state index in [0.717, 1.165) is 34.0 Å². The molecule has 3 heterocycles. The van der Waals surface area contributed by atoms with Gasteiger partial charge in [-0.05, 0) is 49.2 Å². The van der Waals surface area contributed by atoms with Gasteiger partial charge in [0.1, 0.15) is 0 Å². The molecule has 0 bridgehead atoms. The van der Waals surface area contributed by atoms with Gasteiger partial charge in [0.15, 0.2) is 11.3 Å². The van der Waals surface area contributed by atoms with Gasteiger partial charge in [0, 0.05) is 35.6 Å². The van der Waals surface area contributed by atoms with Crippen molar-refractivity contribution >= 4 is 28.6 Å². The molecule has 0 aliphatic rings. The Hall–Kier alpha value is -4.15. The van der Waals surface area contributed by atoms with Crippen LogP contribution in [0.4, 0.5) is 24.8 Å². The molecule has 0 atom stereocenters. The van der Waals surface area contributed by atoms with Crippen LogP contribution in [-0.4, -0.2) is 38.1 Å². The van der Waals surface area contributed by atoms with Crippen molar-refractivity contribution in [3.8, 4) is 11.1 Å². The highest BCUT2D eigenvalue weighted by molar-refractivity contribution is 6.04. The standard InChI is InChI=1S/C22H18F3N7O/c1-11-4-5-15(30-20(33)14-7-18(22(23,24)25)32-28-10-14)8-16(11)17-6-13-9-27-21(26-3)31-19(13)29-12(17)2/h4-10H,1-3H3,(H,30,33)(H,26,27,29,31). The van der Waals surface area contributed by atoms with Gasteiger partial charge in [-0.25, -0.2) is 9.97 Å². The molecule has 0 radical (unpaired) electrons. The third kappa shape index (κ3) is 4.56. The predicted octanol–water partition coefficient (Wildman–Crippen LogP) is 4.41. The zero-order chi connectivity index (χ0) is 23.8. The third-order valence-corrected chi connectivity index (χ3v) is 4.98. The van der Waals surface area contributed by atoms with Crippen LogP contribution in [0.5, 0.6) is 0 Å². The van der Waals surface area contributed by atoms with Gasteiger partial charge in [-0.15, -0.1) is 5.10 Å². The number of aromatic nitrogens is 5. The number of nitrogens with one attached hydrogen (secondary N) is 2. The van der Waals surface area contributed by atoms with Crippen molar-refractivity contribution in [2.75, 3.05) is 17.7 Å². The summed E-state index contributed by atoms with van der Waals surface area (Å²) in [7, 11) is 1.72. The predicted molar refractivity (Wildman–Crippen MR) is 117 cm³/mol. The van der Waals surface area contributed by atoms with Crippen LogP contribution in [0.25, 0.3) is 22.2 Å². The number of alkyl halides is 3. The largest absolute Gasteiger partial charge is 0.435 e.